The molecule has 2 unspecified atom stereocenters. The lowest BCUT2D eigenvalue weighted by Gasteiger charge is -2.14. The molecule has 7 heteroatoms. The smallest absolute Gasteiger partial charge is 0.335 e. The van der Waals surface area contributed by atoms with Crippen molar-refractivity contribution >= 4 is 16.9 Å². The zero-order valence-electron chi connectivity index (χ0n) is 9.07. The van der Waals surface area contributed by atoms with E-state index < -0.39 is 23.7 Å². The summed E-state index contributed by atoms with van der Waals surface area (Å²) in [4.78, 5) is 28.3. The normalized spacial score (nSPS) is 14.3. The van der Waals surface area contributed by atoms with Gasteiger partial charge in [-0.25, -0.2) is 9.78 Å². The van der Waals surface area contributed by atoms with Crippen LogP contribution in [0.1, 0.15) is 11.7 Å². The third-order valence-corrected chi connectivity index (χ3v) is 2.56. The zero-order valence-corrected chi connectivity index (χ0v) is 9.07. The molecule has 4 N–H and O–H groups in total. The molecule has 0 saturated heterocycles. The molecule has 1 aromatic carbocycles. The Labute approximate surface area is 100 Å². The summed E-state index contributed by atoms with van der Waals surface area (Å²) in [6.45, 7) is 0. The lowest BCUT2D eigenvalue weighted by molar-refractivity contribution is -0.153. The number of benzene rings is 1. The van der Waals surface area contributed by atoms with Gasteiger partial charge in [-0.3, -0.25) is 4.79 Å². The van der Waals surface area contributed by atoms with E-state index in [4.69, 9.17) is 5.11 Å². The Morgan fingerprint density at radius 3 is 2.72 bits per heavy atom. The number of rotatable bonds is 3. The second kappa shape index (κ2) is 4.55. The highest BCUT2D eigenvalue weighted by molar-refractivity contribution is 5.79. The summed E-state index contributed by atoms with van der Waals surface area (Å²) in [6, 6.07) is 4.18. The maximum atomic E-state index is 11.5. The van der Waals surface area contributed by atoms with Crippen LogP contribution < -0.4 is 5.56 Å². The molecule has 18 heavy (non-hydrogen) atoms. The molecule has 1 heterocycles. The number of carboxylic acid groups (broad SMARTS) is 1. The van der Waals surface area contributed by atoms with Gasteiger partial charge in [0.2, 0.25) is 0 Å². The first-order valence-electron chi connectivity index (χ1n) is 5.07. The van der Waals surface area contributed by atoms with Crippen LogP contribution in [-0.2, 0) is 4.79 Å². The number of fused-ring (bicyclic) bond motifs is 1. The number of aliphatic hydroxyl groups is 2. The molecule has 0 radical (unpaired) electrons. The Bertz CT molecular complexity index is 651. The molecule has 0 saturated carbocycles. The summed E-state index contributed by atoms with van der Waals surface area (Å²) in [5, 5.41) is 27.7. The number of nitrogens with one attached hydrogen (secondary N) is 1. The van der Waals surface area contributed by atoms with Crippen LogP contribution in [0.15, 0.2) is 29.3 Å². The van der Waals surface area contributed by atoms with Crippen LogP contribution in [0.25, 0.3) is 10.9 Å². The van der Waals surface area contributed by atoms with E-state index in [-0.39, 0.29) is 10.9 Å². The Hall–Kier alpha value is -2.25. The first-order chi connectivity index (χ1) is 8.50. The van der Waals surface area contributed by atoms with Crippen molar-refractivity contribution in [2.75, 3.05) is 0 Å². The summed E-state index contributed by atoms with van der Waals surface area (Å²) in [5.41, 5.74) is 0.147. The number of carboxylic acids is 1. The first-order valence-corrected chi connectivity index (χ1v) is 5.07. The lowest BCUT2D eigenvalue weighted by atomic mass is 10.0. The fraction of sp³-hybridized carbons (Fsp3) is 0.182. The summed E-state index contributed by atoms with van der Waals surface area (Å²) >= 11 is 0. The molecule has 1 aromatic heterocycles. The molecule has 0 amide bonds. The SMILES string of the molecule is O=C(O)C(O)C(O)c1ccc2nc[nH]c(=O)c2c1. The van der Waals surface area contributed by atoms with E-state index in [9.17, 15) is 19.8 Å². The van der Waals surface area contributed by atoms with Crippen molar-refractivity contribution < 1.29 is 20.1 Å². The van der Waals surface area contributed by atoms with Crippen molar-refractivity contribution in [3.8, 4) is 0 Å². The minimum atomic E-state index is -1.95. The standard InChI is InChI=1S/C11H10N2O5/c14-8(9(15)11(17)18)5-1-2-7-6(3-5)10(16)13-4-12-7/h1-4,8-9,14-15H,(H,17,18)(H,12,13,16). The second-order valence-electron chi connectivity index (χ2n) is 3.74. The molecule has 0 bridgehead atoms. The molecule has 2 rings (SSSR count). The van der Waals surface area contributed by atoms with Crippen molar-refractivity contribution in [3.05, 3.63) is 40.4 Å². The second-order valence-corrected chi connectivity index (χ2v) is 3.74. The van der Waals surface area contributed by atoms with E-state index >= 15 is 0 Å². The van der Waals surface area contributed by atoms with Gasteiger partial charge in [0.1, 0.15) is 6.10 Å². The predicted molar refractivity (Wildman–Crippen MR) is 61.0 cm³/mol. The summed E-state index contributed by atoms with van der Waals surface area (Å²) < 4.78 is 0. The van der Waals surface area contributed by atoms with Crippen LogP contribution >= 0.6 is 0 Å². The third kappa shape index (κ3) is 2.08. The molecule has 0 aliphatic rings. The van der Waals surface area contributed by atoms with Crippen LogP contribution in [0.5, 0.6) is 0 Å². The van der Waals surface area contributed by atoms with Crippen LogP contribution in [0.3, 0.4) is 0 Å². The molecule has 2 aromatic rings. The third-order valence-electron chi connectivity index (χ3n) is 2.56. The van der Waals surface area contributed by atoms with E-state index in [1.807, 2.05) is 0 Å². The fourth-order valence-corrected chi connectivity index (χ4v) is 1.59. The van der Waals surface area contributed by atoms with Gasteiger partial charge in [-0.1, -0.05) is 6.07 Å². The average molecular weight is 250 g/mol. The largest absolute Gasteiger partial charge is 0.479 e. The van der Waals surface area contributed by atoms with E-state index in [0.29, 0.717) is 5.52 Å². The Kier molecular flexibility index (Phi) is 3.09. The van der Waals surface area contributed by atoms with Crippen molar-refractivity contribution in [1.29, 1.82) is 0 Å². The van der Waals surface area contributed by atoms with Crippen LogP contribution in [0.2, 0.25) is 0 Å². The molecule has 7 nitrogen and oxygen atoms in total. The number of aliphatic carboxylic acids is 1. The molecule has 2 atom stereocenters. The van der Waals surface area contributed by atoms with E-state index in [0.717, 1.165) is 0 Å². The summed E-state index contributed by atoms with van der Waals surface area (Å²) in [7, 11) is 0. The number of hydrogen-bond donors (Lipinski definition) is 4. The van der Waals surface area contributed by atoms with Gasteiger partial charge in [-0.2, -0.15) is 0 Å². The zero-order chi connectivity index (χ0) is 13.3. The van der Waals surface area contributed by atoms with E-state index in [2.05, 4.69) is 9.97 Å². The maximum absolute atomic E-state index is 11.5. The van der Waals surface area contributed by atoms with E-state index in [1.165, 1.54) is 24.5 Å². The quantitative estimate of drug-likeness (QED) is 0.576. The minimum absolute atomic E-state index is 0.135. The lowest BCUT2D eigenvalue weighted by Crippen LogP contribution is -2.27. The highest BCUT2D eigenvalue weighted by Crippen LogP contribution is 2.19. The summed E-state index contributed by atoms with van der Waals surface area (Å²) in [6.07, 6.45) is -2.31. The predicted octanol–water partition coefficient (Wildman–Crippen LogP) is -0.598. The van der Waals surface area contributed by atoms with Gasteiger partial charge < -0.3 is 20.3 Å². The molecule has 0 aliphatic carbocycles. The Morgan fingerprint density at radius 2 is 2.06 bits per heavy atom. The molecule has 0 fully saturated rings. The van der Waals surface area contributed by atoms with Crippen molar-refractivity contribution in [3.63, 3.8) is 0 Å². The van der Waals surface area contributed by atoms with Gasteiger partial charge in [-0.05, 0) is 17.7 Å². The minimum Gasteiger partial charge on any atom is -0.479 e. The van der Waals surface area contributed by atoms with Crippen molar-refractivity contribution in [2.45, 2.75) is 12.2 Å². The number of aliphatic hydroxyl groups excluding tert-OH is 2. The van der Waals surface area contributed by atoms with Gasteiger partial charge in [0.05, 0.1) is 17.2 Å². The molecular formula is C11H10N2O5. The number of aromatic nitrogens is 2. The molecule has 0 spiro atoms. The summed E-state index contributed by atoms with van der Waals surface area (Å²) in [5.74, 6) is -1.54. The Balaban J connectivity index is 2.50. The van der Waals surface area contributed by atoms with Crippen molar-refractivity contribution in [1.82, 2.24) is 9.97 Å². The monoisotopic (exact) mass is 250 g/mol. The van der Waals surface area contributed by atoms with Crippen LogP contribution in [0.4, 0.5) is 0 Å². The topological polar surface area (TPSA) is 124 Å². The van der Waals surface area contributed by atoms with Gasteiger partial charge in [-0.15, -0.1) is 0 Å². The van der Waals surface area contributed by atoms with Gasteiger partial charge >= 0.3 is 5.97 Å². The average Bonchev–Trinajstić information content (AvgIpc) is 2.37. The highest BCUT2D eigenvalue weighted by Gasteiger charge is 2.25. The van der Waals surface area contributed by atoms with Gasteiger partial charge in [0, 0.05) is 0 Å². The van der Waals surface area contributed by atoms with Crippen LogP contribution in [0, 0.1) is 0 Å². The van der Waals surface area contributed by atoms with Crippen molar-refractivity contribution in [2.24, 2.45) is 0 Å². The first kappa shape index (κ1) is 12.2. The van der Waals surface area contributed by atoms with E-state index in [1.54, 1.807) is 0 Å². The number of nitrogens with zero attached hydrogens (tertiary/aromatic N) is 1. The Morgan fingerprint density at radius 1 is 1.33 bits per heavy atom. The molecule has 94 valence electrons. The number of H-pyrrole nitrogens is 1. The number of hydrogen-bond acceptors (Lipinski definition) is 5. The molecule has 0 aliphatic heterocycles. The molecular weight excluding hydrogens is 240 g/mol. The number of aromatic amines is 1. The fourth-order valence-electron chi connectivity index (χ4n) is 1.59. The van der Waals surface area contributed by atoms with Gasteiger partial charge in [0.15, 0.2) is 6.10 Å². The van der Waals surface area contributed by atoms with Crippen LogP contribution in [-0.4, -0.2) is 37.4 Å². The van der Waals surface area contributed by atoms with Gasteiger partial charge in [0.25, 0.3) is 5.56 Å². The maximum Gasteiger partial charge on any atom is 0.335 e. The highest BCUT2D eigenvalue weighted by atomic mass is 16.4. The number of carbonyl (C=O) groups is 1.